The summed E-state index contributed by atoms with van der Waals surface area (Å²) in [6, 6.07) is 13.9. The first-order chi connectivity index (χ1) is 13.2. The molecule has 6 heteroatoms. The van der Waals surface area contributed by atoms with E-state index >= 15 is 0 Å². The summed E-state index contributed by atoms with van der Waals surface area (Å²) in [6.45, 7) is 4.11. The largest absolute Gasteiger partial charge is 0.381 e. The van der Waals surface area contributed by atoms with Crippen LogP contribution in [0.15, 0.2) is 47.3 Å². The molecule has 0 amide bonds. The molecule has 0 bridgehead atoms. The number of aryl methyl sites for hydroxylation is 3. The summed E-state index contributed by atoms with van der Waals surface area (Å²) in [5, 5.41) is 4.82. The Morgan fingerprint density at radius 3 is 2.70 bits per heavy atom. The molecule has 1 fully saturated rings. The summed E-state index contributed by atoms with van der Waals surface area (Å²) in [4.78, 5) is 19.6. The van der Waals surface area contributed by atoms with Crippen LogP contribution < -0.4 is 5.56 Å². The number of aromatic nitrogens is 4. The number of rotatable bonds is 5. The predicted octanol–water partition coefficient (Wildman–Crippen LogP) is 3.08. The Labute approximate surface area is 158 Å². The molecule has 140 valence electrons. The zero-order valence-corrected chi connectivity index (χ0v) is 15.5. The molecule has 4 rings (SSSR count). The Hall–Kier alpha value is -2.73. The van der Waals surface area contributed by atoms with Gasteiger partial charge in [-0.2, -0.15) is 5.10 Å². The van der Waals surface area contributed by atoms with Crippen molar-refractivity contribution in [2.24, 2.45) is 0 Å². The minimum absolute atomic E-state index is 0.116. The van der Waals surface area contributed by atoms with Crippen LogP contribution in [0, 0.1) is 6.92 Å². The molecule has 0 aliphatic carbocycles. The van der Waals surface area contributed by atoms with Crippen LogP contribution in [0.1, 0.15) is 35.8 Å². The molecule has 1 saturated heterocycles. The topological polar surface area (TPSA) is 72.8 Å². The fraction of sp³-hybridized carbons (Fsp3) is 0.381. The summed E-state index contributed by atoms with van der Waals surface area (Å²) in [5.74, 6) is 1.94. The van der Waals surface area contributed by atoms with Crippen molar-refractivity contribution in [2.45, 2.75) is 38.6 Å². The van der Waals surface area contributed by atoms with Crippen molar-refractivity contribution in [3.8, 4) is 11.4 Å². The van der Waals surface area contributed by atoms with Gasteiger partial charge in [-0.1, -0.05) is 30.3 Å². The highest BCUT2D eigenvalue weighted by Gasteiger charge is 2.22. The third kappa shape index (κ3) is 4.17. The van der Waals surface area contributed by atoms with Crippen molar-refractivity contribution in [3.05, 3.63) is 69.9 Å². The zero-order valence-electron chi connectivity index (χ0n) is 15.5. The van der Waals surface area contributed by atoms with E-state index in [1.54, 1.807) is 6.07 Å². The van der Waals surface area contributed by atoms with E-state index in [2.05, 4.69) is 17.1 Å². The number of nitrogens with one attached hydrogen (secondary N) is 1. The number of hydrogen-bond donors (Lipinski definition) is 1. The van der Waals surface area contributed by atoms with Crippen molar-refractivity contribution in [1.29, 1.82) is 0 Å². The van der Waals surface area contributed by atoms with Crippen LogP contribution in [0.5, 0.6) is 0 Å². The normalized spacial score (nSPS) is 15.1. The first-order valence-electron chi connectivity index (χ1n) is 9.47. The highest BCUT2D eigenvalue weighted by atomic mass is 16.5. The van der Waals surface area contributed by atoms with Gasteiger partial charge in [0, 0.05) is 43.0 Å². The average Bonchev–Trinajstić information content (AvgIpc) is 3.11. The van der Waals surface area contributed by atoms with E-state index in [4.69, 9.17) is 14.8 Å². The minimum atomic E-state index is -0.116. The monoisotopic (exact) mass is 364 g/mol. The van der Waals surface area contributed by atoms with Crippen LogP contribution in [0.2, 0.25) is 0 Å². The van der Waals surface area contributed by atoms with Crippen LogP contribution in [0.3, 0.4) is 0 Å². The van der Waals surface area contributed by atoms with Crippen LogP contribution in [-0.2, 0) is 17.7 Å². The average molecular weight is 364 g/mol. The zero-order chi connectivity index (χ0) is 18.6. The molecule has 27 heavy (non-hydrogen) atoms. The lowest BCUT2D eigenvalue weighted by atomic mass is 10.00. The van der Waals surface area contributed by atoms with Gasteiger partial charge in [0.25, 0.3) is 0 Å². The molecule has 1 N–H and O–H groups in total. The predicted molar refractivity (Wildman–Crippen MR) is 104 cm³/mol. The molecular formula is C21H24N4O2. The van der Waals surface area contributed by atoms with Crippen LogP contribution in [0.25, 0.3) is 11.4 Å². The number of benzene rings is 1. The lowest BCUT2D eigenvalue weighted by Gasteiger charge is -2.18. The van der Waals surface area contributed by atoms with Gasteiger partial charge in [-0.05, 0) is 37.8 Å². The van der Waals surface area contributed by atoms with E-state index in [1.807, 2.05) is 35.9 Å². The van der Waals surface area contributed by atoms with E-state index in [0.717, 1.165) is 61.9 Å². The van der Waals surface area contributed by atoms with E-state index in [1.165, 1.54) is 5.56 Å². The highest BCUT2D eigenvalue weighted by molar-refractivity contribution is 5.55. The van der Waals surface area contributed by atoms with E-state index in [0.29, 0.717) is 5.92 Å². The minimum Gasteiger partial charge on any atom is -0.381 e. The molecule has 0 radical (unpaired) electrons. The SMILES string of the molecule is Cc1cc(-c2nc(C3CCOCC3)nn2CCc2ccccc2)cc(=O)[nH]1. The molecule has 1 aliphatic heterocycles. The Balaban J connectivity index is 1.68. The molecule has 1 aromatic carbocycles. The first-order valence-corrected chi connectivity index (χ1v) is 9.47. The summed E-state index contributed by atoms with van der Waals surface area (Å²) in [7, 11) is 0. The summed E-state index contributed by atoms with van der Waals surface area (Å²) in [5.41, 5.74) is 2.78. The number of pyridine rings is 1. The summed E-state index contributed by atoms with van der Waals surface area (Å²) in [6.07, 6.45) is 2.75. The molecule has 1 aliphatic rings. The van der Waals surface area contributed by atoms with Crippen molar-refractivity contribution < 1.29 is 4.74 Å². The van der Waals surface area contributed by atoms with Gasteiger partial charge in [0.05, 0.1) is 0 Å². The van der Waals surface area contributed by atoms with Gasteiger partial charge in [0.15, 0.2) is 11.6 Å². The third-order valence-corrected chi connectivity index (χ3v) is 4.97. The fourth-order valence-corrected chi connectivity index (χ4v) is 3.55. The first kappa shape index (κ1) is 17.7. The van der Waals surface area contributed by atoms with Gasteiger partial charge >= 0.3 is 0 Å². The lowest BCUT2D eigenvalue weighted by molar-refractivity contribution is 0.0835. The maximum absolute atomic E-state index is 12.0. The highest BCUT2D eigenvalue weighted by Crippen LogP contribution is 2.27. The molecule has 6 nitrogen and oxygen atoms in total. The van der Waals surface area contributed by atoms with Crippen molar-refractivity contribution in [3.63, 3.8) is 0 Å². The molecule has 3 heterocycles. The van der Waals surface area contributed by atoms with Crippen LogP contribution in [0.4, 0.5) is 0 Å². The maximum Gasteiger partial charge on any atom is 0.248 e. The number of aromatic amines is 1. The maximum atomic E-state index is 12.0. The van der Waals surface area contributed by atoms with Crippen LogP contribution in [-0.4, -0.2) is 33.0 Å². The number of H-pyrrole nitrogens is 1. The van der Waals surface area contributed by atoms with Gasteiger partial charge in [-0.15, -0.1) is 0 Å². The molecule has 3 aromatic rings. The van der Waals surface area contributed by atoms with Crippen molar-refractivity contribution in [1.82, 2.24) is 19.7 Å². The van der Waals surface area contributed by atoms with Crippen LogP contribution >= 0.6 is 0 Å². The number of hydrogen-bond acceptors (Lipinski definition) is 4. The molecule has 0 atom stereocenters. The van der Waals surface area contributed by atoms with E-state index in [-0.39, 0.29) is 5.56 Å². The van der Waals surface area contributed by atoms with E-state index in [9.17, 15) is 4.79 Å². The smallest absolute Gasteiger partial charge is 0.248 e. The number of nitrogens with zero attached hydrogens (tertiary/aromatic N) is 3. The summed E-state index contributed by atoms with van der Waals surface area (Å²) < 4.78 is 7.42. The second-order valence-electron chi connectivity index (χ2n) is 7.06. The number of ether oxygens (including phenoxy) is 1. The molecule has 0 spiro atoms. The Kier molecular flexibility index (Phi) is 5.16. The molecular weight excluding hydrogens is 340 g/mol. The Morgan fingerprint density at radius 2 is 1.96 bits per heavy atom. The standard InChI is InChI=1S/C21H24N4O2/c1-15-13-18(14-19(26)22-15)21-23-20(17-8-11-27-12-9-17)24-25(21)10-7-16-5-3-2-4-6-16/h2-6,13-14,17H,7-12H2,1H3,(H,22,26). The third-order valence-electron chi connectivity index (χ3n) is 4.97. The van der Waals surface area contributed by atoms with E-state index < -0.39 is 0 Å². The van der Waals surface area contributed by atoms with Gasteiger partial charge in [-0.3, -0.25) is 4.79 Å². The van der Waals surface area contributed by atoms with Gasteiger partial charge in [0.2, 0.25) is 5.56 Å². The second kappa shape index (κ2) is 7.88. The lowest BCUT2D eigenvalue weighted by Crippen LogP contribution is -2.15. The quantitative estimate of drug-likeness (QED) is 0.755. The molecule has 2 aromatic heterocycles. The fourth-order valence-electron chi connectivity index (χ4n) is 3.55. The van der Waals surface area contributed by atoms with Crippen molar-refractivity contribution >= 4 is 0 Å². The summed E-state index contributed by atoms with van der Waals surface area (Å²) >= 11 is 0. The van der Waals surface area contributed by atoms with Gasteiger partial charge in [0.1, 0.15) is 0 Å². The second-order valence-corrected chi connectivity index (χ2v) is 7.06. The Morgan fingerprint density at radius 1 is 1.19 bits per heavy atom. The molecule has 0 unspecified atom stereocenters. The van der Waals surface area contributed by atoms with Gasteiger partial charge in [-0.25, -0.2) is 9.67 Å². The van der Waals surface area contributed by atoms with Gasteiger partial charge < -0.3 is 9.72 Å². The molecule has 0 saturated carbocycles. The Bertz CT molecular complexity index is 956. The van der Waals surface area contributed by atoms with Crippen molar-refractivity contribution in [2.75, 3.05) is 13.2 Å².